The van der Waals surface area contributed by atoms with E-state index in [4.69, 9.17) is 9.47 Å². The molecule has 0 bridgehead atoms. The zero-order chi connectivity index (χ0) is 22.5. The van der Waals surface area contributed by atoms with Gasteiger partial charge in [0.2, 0.25) is 0 Å². The minimum Gasteiger partial charge on any atom is -0.423 e. The summed E-state index contributed by atoms with van der Waals surface area (Å²) in [6.07, 6.45) is 0. The summed E-state index contributed by atoms with van der Waals surface area (Å²) >= 11 is 3.25. The quantitative estimate of drug-likeness (QED) is 0.222. The molecule has 0 heterocycles. The van der Waals surface area contributed by atoms with Crippen LogP contribution in [0.4, 0.5) is 0 Å². The molecule has 3 aromatic carbocycles. The Morgan fingerprint density at radius 1 is 0.710 bits per heavy atom. The summed E-state index contributed by atoms with van der Waals surface area (Å²) in [6.45, 7) is 0. The van der Waals surface area contributed by atoms with Gasteiger partial charge in [0.25, 0.3) is 0 Å². The zero-order valence-corrected chi connectivity index (χ0v) is 17.4. The fourth-order valence-electron chi connectivity index (χ4n) is 2.60. The third kappa shape index (κ3) is 5.81. The minimum absolute atomic E-state index is 0.0739. The molecule has 0 aromatic heterocycles. The van der Waals surface area contributed by atoms with Crippen LogP contribution in [-0.4, -0.2) is 46.3 Å². The fourth-order valence-corrected chi connectivity index (χ4v) is 2.93. The molecule has 11 heteroatoms. The molecular formula is C20H15B2BrO8. The van der Waals surface area contributed by atoms with E-state index >= 15 is 0 Å². The Balaban J connectivity index is 1.77. The molecule has 0 fully saturated rings. The smallest absolute Gasteiger partial charge is 0.423 e. The van der Waals surface area contributed by atoms with E-state index in [2.05, 4.69) is 15.9 Å². The topological polar surface area (TPSA) is 134 Å². The number of hydrogen-bond donors (Lipinski definition) is 4. The van der Waals surface area contributed by atoms with E-state index in [1.54, 1.807) is 0 Å². The third-order valence-electron chi connectivity index (χ3n) is 4.16. The van der Waals surface area contributed by atoms with Crippen LogP contribution in [0.25, 0.3) is 0 Å². The maximum absolute atomic E-state index is 12.4. The van der Waals surface area contributed by atoms with E-state index in [-0.39, 0.29) is 33.6 Å². The number of ether oxygens (including phenoxy) is 2. The van der Waals surface area contributed by atoms with Crippen molar-refractivity contribution in [3.8, 4) is 11.5 Å². The summed E-state index contributed by atoms with van der Waals surface area (Å²) in [5.74, 6) is -1.33. The number of halogens is 1. The molecule has 0 aliphatic heterocycles. The molecule has 0 spiro atoms. The Kier molecular flexibility index (Phi) is 7.26. The average Bonchev–Trinajstić information content (AvgIpc) is 2.76. The van der Waals surface area contributed by atoms with Crippen LogP contribution in [0.2, 0.25) is 0 Å². The first kappa shape index (κ1) is 22.7. The molecule has 0 saturated heterocycles. The predicted octanol–water partition coefficient (Wildman–Crippen LogP) is 0.247. The van der Waals surface area contributed by atoms with E-state index in [9.17, 15) is 29.7 Å². The van der Waals surface area contributed by atoms with Crippen LogP contribution in [0.15, 0.2) is 71.2 Å². The molecule has 31 heavy (non-hydrogen) atoms. The van der Waals surface area contributed by atoms with E-state index in [1.807, 2.05) is 0 Å². The molecule has 0 unspecified atom stereocenters. The standard InChI is InChI=1S/C20H15B2BrO8/c23-17-8-7-16(30-19(24)12-3-1-5-14(9-12)21(26)27)11-18(17)31-20(25)13-4-2-6-15(10-13)22(28)29/h1-11,26-29H. The van der Waals surface area contributed by atoms with Gasteiger partial charge in [0.05, 0.1) is 15.6 Å². The van der Waals surface area contributed by atoms with Gasteiger partial charge in [-0.15, -0.1) is 0 Å². The first-order chi connectivity index (χ1) is 14.7. The van der Waals surface area contributed by atoms with Crippen molar-refractivity contribution in [1.29, 1.82) is 0 Å². The highest BCUT2D eigenvalue weighted by Crippen LogP contribution is 2.30. The Labute approximate surface area is 186 Å². The SMILES string of the molecule is O=C(Oc1ccc(Br)c(OC(=O)c2cccc(B(O)O)c2)c1)c1cccc(B(O)O)c1. The van der Waals surface area contributed by atoms with Gasteiger partial charge in [-0.05, 0) is 63.3 Å². The van der Waals surface area contributed by atoms with E-state index in [0.717, 1.165) is 0 Å². The zero-order valence-electron chi connectivity index (χ0n) is 15.8. The van der Waals surface area contributed by atoms with Crippen LogP contribution in [-0.2, 0) is 0 Å². The monoisotopic (exact) mass is 484 g/mol. The van der Waals surface area contributed by atoms with Crippen LogP contribution in [0.3, 0.4) is 0 Å². The van der Waals surface area contributed by atoms with Gasteiger partial charge in [-0.2, -0.15) is 0 Å². The lowest BCUT2D eigenvalue weighted by Crippen LogP contribution is -2.30. The fraction of sp³-hybridized carbons (Fsp3) is 0. The summed E-state index contributed by atoms with van der Waals surface area (Å²) in [5, 5.41) is 37.0. The Hall–Kier alpha value is -2.95. The van der Waals surface area contributed by atoms with Gasteiger partial charge in [0, 0.05) is 6.07 Å². The summed E-state index contributed by atoms with van der Waals surface area (Å²) in [4.78, 5) is 24.8. The summed E-state index contributed by atoms with van der Waals surface area (Å²) in [5.41, 5.74) is 0.465. The van der Waals surface area contributed by atoms with Crippen molar-refractivity contribution in [2.45, 2.75) is 0 Å². The van der Waals surface area contributed by atoms with Crippen LogP contribution >= 0.6 is 15.9 Å². The van der Waals surface area contributed by atoms with Gasteiger partial charge in [-0.25, -0.2) is 9.59 Å². The van der Waals surface area contributed by atoms with Crippen molar-refractivity contribution in [1.82, 2.24) is 0 Å². The molecule has 4 N–H and O–H groups in total. The van der Waals surface area contributed by atoms with Gasteiger partial charge >= 0.3 is 26.2 Å². The number of carbonyl (C=O) groups is 2. The number of hydrogen-bond acceptors (Lipinski definition) is 8. The second-order valence-electron chi connectivity index (χ2n) is 6.37. The van der Waals surface area contributed by atoms with E-state index in [1.165, 1.54) is 66.7 Å². The molecule has 3 aromatic rings. The summed E-state index contributed by atoms with van der Waals surface area (Å²) < 4.78 is 11.0. The van der Waals surface area contributed by atoms with Gasteiger partial charge < -0.3 is 29.6 Å². The number of carbonyl (C=O) groups excluding carboxylic acids is 2. The second-order valence-corrected chi connectivity index (χ2v) is 7.22. The normalized spacial score (nSPS) is 10.4. The second kappa shape index (κ2) is 9.90. The molecule has 156 valence electrons. The van der Waals surface area contributed by atoms with Gasteiger partial charge in [-0.3, -0.25) is 0 Å². The Bertz CT molecular complexity index is 1120. The lowest BCUT2D eigenvalue weighted by Gasteiger charge is -2.10. The number of benzene rings is 3. The highest BCUT2D eigenvalue weighted by molar-refractivity contribution is 9.10. The minimum atomic E-state index is -1.73. The van der Waals surface area contributed by atoms with Gasteiger partial charge in [-0.1, -0.05) is 24.3 Å². The van der Waals surface area contributed by atoms with Crippen LogP contribution in [0.5, 0.6) is 11.5 Å². The maximum atomic E-state index is 12.4. The lowest BCUT2D eigenvalue weighted by atomic mass is 9.80. The van der Waals surface area contributed by atoms with Gasteiger partial charge in [0.15, 0.2) is 0 Å². The van der Waals surface area contributed by atoms with Crippen molar-refractivity contribution in [3.63, 3.8) is 0 Å². The van der Waals surface area contributed by atoms with E-state index < -0.39 is 26.2 Å². The highest BCUT2D eigenvalue weighted by atomic mass is 79.9. The largest absolute Gasteiger partial charge is 0.488 e. The highest BCUT2D eigenvalue weighted by Gasteiger charge is 2.18. The van der Waals surface area contributed by atoms with Gasteiger partial charge in [0.1, 0.15) is 11.5 Å². The molecule has 0 atom stereocenters. The average molecular weight is 485 g/mol. The van der Waals surface area contributed by atoms with Crippen molar-refractivity contribution in [2.75, 3.05) is 0 Å². The van der Waals surface area contributed by atoms with Crippen molar-refractivity contribution >= 4 is 53.0 Å². The Morgan fingerprint density at radius 3 is 1.74 bits per heavy atom. The van der Waals surface area contributed by atoms with E-state index in [0.29, 0.717) is 4.47 Å². The van der Waals surface area contributed by atoms with Crippen LogP contribution in [0.1, 0.15) is 20.7 Å². The third-order valence-corrected chi connectivity index (χ3v) is 4.81. The van der Waals surface area contributed by atoms with Crippen molar-refractivity contribution in [2.24, 2.45) is 0 Å². The first-order valence-corrected chi connectivity index (χ1v) is 9.70. The molecular weight excluding hydrogens is 470 g/mol. The molecule has 0 saturated carbocycles. The first-order valence-electron chi connectivity index (χ1n) is 8.90. The predicted molar refractivity (Wildman–Crippen MR) is 117 cm³/mol. The summed E-state index contributed by atoms with van der Waals surface area (Å²) in [7, 11) is -3.45. The number of esters is 2. The Morgan fingerprint density at radius 2 is 1.23 bits per heavy atom. The molecule has 3 rings (SSSR count). The summed E-state index contributed by atoms with van der Waals surface area (Å²) in [6, 6.07) is 15.7. The van der Waals surface area contributed by atoms with Crippen LogP contribution in [0, 0.1) is 0 Å². The molecule has 0 radical (unpaired) electrons. The number of rotatable bonds is 6. The molecule has 8 nitrogen and oxygen atoms in total. The van der Waals surface area contributed by atoms with Crippen molar-refractivity contribution in [3.05, 3.63) is 82.3 Å². The molecule has 0 aliphatic rings. The maximum Gasteiger partial charge on any atom is 0.488 e. The van der Waals surface area contributed by atoms with Crippen LogP contribution < -0.4 is 20.4 Å². The molecule has 0 amide bonds. The molecule has 0 aliphatic carbocycles. The van der Waals surface area contributed by atoms with Crippen molar-refractivity contribution < 1.29 is 39.2 Å². The lowest BCUT2D eigenvalue weighted by molar-refractivity contribution is 0.0732.